The van der Waals surface area contributed by atoms with E-state index in [2.05, 4.69) is 22.4 Å². The molecule has 1 aromatic heterocycles. The zero-order valence-electron chi connectivity index (χ0n) is 11.5. The highest BCUT2D eigenvalue weighted by Crippen LogP contribution is 2.18. The van der Waals surface area contributed by atoms with Crippen LogP contribution in [0.3, 0.4) is 0 Å². The second-order valence-electron chi connectivity index (χ2n) is 4.54. The second kappa shape index (κ2) is 6.45. The third-order valence-electron chi connectivity index (χ3n) is 2.96. The van der Waals surface area contributed by atoms with Crippen molar-refractivity contribution in [2.75, 3.05) is 14.2 Å². The summed E-state index contributed by atoms with van der Waals surface area (Å²) in [6, 6.07) is 8.26. The highest BCUT2D eigenvalue weighted by molar-refractivity contribution is 5.53. The van der Waals surface area contributed by atoms with Crippen molar-refractivity contribution in [3.05, 3.63) is 35.7 Å². The first-order chi connectivity index (χ1) is 9.22. The third-order valence-corrected chi connectivity index (χ3v) is 2.96. The lowest BCUT2D eigenvalue weighted by molar-refractivity contribution is 0.185. The number of nitrogens with zero attached hydrogens (tertiary/aromatic N) is 2. The quantitative estimate of drug-likeness (QED) is 0.862. The van der Waals surface area contributed by atoms with E-state index in [9.17, 15) is 0 Å². The van der Waals surface area contributed by atoms with E-state index < -0.39 is 0 Å². The molecule has 1 N–H and O–H groups in total. The van der Waals surface area contributed by atoms with Gasteiger partial charge in [0.2, 0.25) is 0 Å². The van der Waals surface area contributed by atoms with Gasteiger partial charge in [0.05, 0.1) is 6.61 Å². The molecule has 5 nitrogen and oxygen atoms in total. The largest absolute Gasteiger partial charge is 0.380 e. The fraction of sp³-hybridized carbons (Fsp3) is 0.429. The SMILES string of the molecule is CNC(C)Cc1noc(-c2ccc(COC)cc2)n1. The lowest BCUT2D eigenvalue weighted by atomic mass is 10.1. The van der Waals surface area contributed by atoms with Crippen LogP contribution in [0.1, 0.15) is 18.3 Å². The van der Waals surface area contributed by atoms with Crippen LogP contribution in [0.2, 0.25) is 0 Å². The van der Waals surface area contributed by atoms with Crippen LogP contribution < -0.4 is 5.32 Å². The molecule has 0 saturated heterocycles. The van der Waals surface area contributed by atoms with Gasteiger partial charge in [-0.15, -0.1) is 0 Å². The topological polar surface area (TPSA) is 60.2 Å². The van der Waals surface area contributed by atoms with Crippen LogP contribution in [-0.2, 0) is 17.8 Å². The van der Waals surface area contributed by atoms with Crippen LogP contribution in [0.5, 0.6) is 0 Å². The summed E-state index contributed by atoms with van der Waals surface area (Å²) in [5.41, 5.74) is 2.05. The molecule has 0 aliphatic heterocycles. The molecule has 0 radical (unpaired) electrons. The highest BCUT2D eigenvalue weighted by Gasteiger charge is 2.10. The molecule has 1 aromatic carbocycles. The Morgan fingerprint density at radius 3 is 2.68 bits per heavy atom. The minimum atomic E-state index is 0.328. The molecule has 0 fully saturated rings. The normalized spacial score (nSPS) is 12.6. The predicted molar refractivity (Wildman–Crippen MR) is 72.7 cm³/mol. The summed E-state index contributed by atoms with van der Waals surface area (Å²) in [5.74, 6) is 1.28. The fourth-order valence-electron chi connectivity index (χ4n) is 1.74. The molecule has 2 aromatic rings. The molecule has 1 atom stereocenters. The summed E-state index contributed by atoms with van der Waals surface area (Å²) < 4.78 is 10.4. The molecule has 0 saturated carbocycles. The van der Waals surface area contributed by atoms with Gasteiger partial charge in [0.1, 0.15) is 0 Å². The first-order valence-corrected chi connectivity index (χ1v) is 6.31. The molecule has 1 unspecified atom stereocenters. The van der Waals surface area contributed by atoms with E-state index in [4.69, 9.17) is 9.26 Å². The molecule has 0 amide bonds. The average molecular weight is 261 g/mol. The van der Waals surface area contributed by atoms with Crippen molar-refractivity contribution < 1.29 is 9.26 Å². The van der Waals surface area contributed by atoms with Crippen LogP contribution in [0.25, 0.3) is 11.5 Å². The predicted octanol–water partition coefficient (Wildman–Crippen LogP) is 2.03. The molecular weight excluding hydrogens is 242 g/mol. The summed E-state index contributed by atoms with van der Waals surface area (Å²) >= 11 is 0. The van der Waals surface area contributed by atoms with Crippen molar-refractivity contribution in [2.45, 2.75) is 26.0 Å². The standard InChI is InChI=1S/C14H19N3O2/c1-10(15-2)8-13-16-14(19-17-13)12-6-4-11(5-7-12)9-18-3/h4-7,10,15H,8-9H2,1-3H3. The summed E-state index contributed by atoms with van der Waals surface area (Å²) in [5, 5.41) is 7.14. The van der Waals surface area contributed by atoms with Crippen molar-refractivity contribution in [3.8, 4) is 11.5 Å². The molecule has 0 spiro atoms. The van der Waals surface area contributed by atoms with Gasteiger partial charge in [-0.2, -0.15) is 4.98 Å². The number of nitrogens with one attached hydrogen (secondary N) is 1. The third kappa shape index (κ3) is 3.62. The van der Waals surface area contributed by atoms with Crippen molar-refractivity contribution in [1.29, 1.82) is 0 Å². The lowest BCUT2D eigenvalue weighted by Crippen LogP contribution is -2.24. The second-order valence-corrected chi connectivity index (χ2v) is 4.54. The fourth-order valence-corrected chi connectivity index (χ4v) is 1.74. The lowest BCUT2D eigenvalue weighted by Gasteiger charge is -2.04. The van der Waals surface area contributed by atoms with Crippen LogP contribution in [-0.4, -0.2) is 30.3 Å². The number of hydrogen-bond acceptors (Lipinski definition) is 5. The van der Waals surface area contributed by atoms with E-state index in [1.165, 1.54) is 0 Å². The smallest absolute Gasteiger partial charge is 0.257 e. The van der Waals surface area contributed by atoms with E-state index in [-0.39, 0.29) is 0 Å². The van der Waals surface area contributed by atoms with E-state index in [0.717, 1.165) is 23.4 Å². The Kier molecular flexibility index (Phi) is 4.65. The molecular formula is C14H19N3O2. The Morgan fingerprint density at radius 1 is 1.32 bits per heavy atom. The number of aromatic nitrogens is 2. The maximum atomic E-state index is 5.28. The van der Waals surface area contributed by atoms with E-state index in [0.29, 0.717) is 18.5 Å². The van der Waals surface area contributed by atoms with Gasteiger partial charge >= 0.3 is 0 Å². The number of hydrogen-bond donors (Lipinski definition) is 1. The van der Waals surface area contributed by atoms with Gasteiger partial charge in [-0.25, -0.2) is 0 Å². The summed E-state index contributed by atoms with van der Waals surface area (Å²) in [6.45, 7) is 2.69. The Bertz CT molecular complexity index is 508. The van der Waals surface area contributed by atoms with Gasteiger partial charge in [-0.1, -0.05) is 17.3 Å². The van der Waals surface area contributed by atoms with Gasteiger partial charge in [-0.05, 0) is 31.7 Å². The molecule has 0 aliphatic carbocycles. The molecule has 1 heterocycles. The molecule has 102 valence electrons. The first-order valence-electron chi connectivity index (χ1n) is 6.31. The van der Waals surface area contributed by atoms with Crippen molar-refractivity contribution >= 4 is 0 Å². The van der Waals surface area contributed by atoms with E-state index >= 15 is 0 Å². The molecule has 0 aliphatic rings. The van der Waals surface area contributed by atoms with E-state index in [1.54, 1.807) is 7.11 Å². The maximum absolute atomic E-state index is 5.28. The van der Waals surface area contributed by atoms with Crippen LogP contribution in [0.15, 0.2) is 28.8 Å². The van der Waals surface area contributed by atoms with Crippen molar-refractivity contribution in [3.63, 3.8) is 0 Å². The average Bonchev–Trinajstić information content (AvgIpc) is 2.88. The molecule has 5 heteroatoms. The highest BCUT2D eigenvalue weighted by atomic mass is 16.5. The Morgan fingerprint density at radius 2 is 2.05 bits per heavy atom. The summed E-state index contributed by atoms with van der Waals surface area (Å²) in [4.78, 5) is 4.40. The monoisotopic (exact) mass is 261 g/mol. The minimum absolute atomic E-state index is 0.328. The van der Waals surface area contributed by atoms with Gasteiger partial charge in [-0.3, -0.25) is 0 Å². The van der Waals surface area contributed by atoms with Crippen molar-refractivity contribution in [2.24, 2.45) is 0 Å². The van der Waals surface area contributed by atoms with Gasteiger partial charge in [0.25, 0.3) is 5.89 Å². The van der Waals surface area contributed by atoms with Gasteiger partial charge < -0.3 is 14.6 Å². The molecule has 0 bridgehead atoms. The molecule has 19 heavy (non-hydrogen) atoms. The minimum Gasteiger partial charge on any atom is -0.380 e. The van der Waals surface area contributed by atoms with Crippen LogP contribution >= 0.6 is 0 Å². The number of benzene rings is 1. The maximum Gasteiger partial charge on any atom is 0.257 e. The van der Waals surface area contributed by atoms with E-state index in [1.807, 2.05) is 31.3 Å². The Labute approximate surface area is 113 Å². The number of methoxy groups -OCH3 is 1. The van der Waals surface area contributed by atoms with Crippen molar-refractivity contribution in [1.82, 2.24) is 15.5 Å². The Balaban J connectivity index is 2.09. The summed E-state index contributed by atoms with van der Waals surface area (Å²) in [7, 11) is 3.60. The van der Waals surface area contributed by atoms with Crippen LogP contribution in [0.4, 0.5) is 0 Å². The van der Waals surface area contributed by atoms with Gasteiger partial charge in [0, 0.05) is 25.1 Å². The van der Waals surface area contributed by atoms with Crippen LogP contribution in [0, 0.1) is 0 Å². The number of rotatable bonds is 6. The number of ether oxygens (including phenoxy) is 1. The molecule has 2 rings (SSSR count). The summed E-state index contributed by atoms with van der Waals surface area (Å²) in [6.07, 6.45) is 0.752. The number of likely N-dealkylation sites (N-methyl/N-ethyl adjacent to an activating group) is 1. The first kappa shape index (κ1) is 13.7. The zero-order chi connectivity index (χ0) is 13.7. The zero-order valence-corrected chi connectivity index (χ0v) is 11.5. The Hall–Kier alpha value is -1.72. The van der Waals surface area contributed by atoms with Gasteiger partial charge in [0.15, 0.2) is 5.82 Å².